The largest absolute Gasteiger partial charge is 0.481 e. The van der Waals surface area contributed by atoms with E-state index in [2.05, 4.69) is 26.3 Å². The van der Waals surface area contributed by atoms with E-state index in [1.165, 1.54) is 0 Å². The fraction of sp³-hybridized carbons (Fsp3) is 0.158. The predicted molar refractivity (Wildman–Crippen MR) is 101 cm³/mol. The highest BCUT2D eigenvalue weighted by molar-refractivity contribution is 9.10. The Labute approximate surface area is 154 Å². The molecular formula is C19H18BrN3O2. The van der Waals surface area contributed by atoms with Crippen LogP contribution in [0.1, 0.15) is 12.5 Å². The van der Waals surface area contributed by atoms with Crippen LogP contribution in [0.15, 0.2) is 71.3 Å². The van der Waals surface area contributed by atoms with Gasteiger partial charge in [0.05, 0.1) is 12.7 Å². The molecule has 0 saturated carbocycles. The Balaban J connectivity index is 1.64. The van der Waals surface area contributed by atoms with E-state index in [0.29, 0.717) is 18.1 Å². The lowest BCUT2D eigenvalue weighted by atomic mass is 10.2. The molecule has 1 aromatic heterocycles. The Kier molecular flexibility index (Phi) is 5.50. The third-order valence-electron chi connectivity index (χ3n) is 3.64. The molecule has 0 fully saturated rings. The van der Waals surface area contributed by atoms with E-state index >= 15 is 0 Å². The zero-order valence-electron chi connectivity index (χ0n) is 13.7. The number of para-hydroxylation sites is 1. The molecule has 0 aliphatic rings. The van der Waals surface area contributed by atoms with Gasteiger partial charge in [-0.2, -0.15) is 5.10 Å². The third kappa shape index (κ3) is 4.70. The summed E-state index contributed by atoms with van der Waals surface area (Å²) in [6.07, 6.45) is 1.05. The Morgan fingerprint density at radius 3 is 2.60 bits per heavy atom. The molecule has 6 heteroatoms. The molecule has 128 valence electrons. The van der Waals surface area contributed by atoms with Crippen LogP contribution in [0.3, 0.4) is 0 Å². The van der Waals surface area contributed by atoms with Crippen molar-refractivity contribution in [2.45, 2.75) is 19.6 Å². The Morgan fingerprint density at radius 2 is 1.88 bits per heavy atom. The Hall–Kier alpha value is -2.60. The van der Waals surface area contributed by atoms with E-state index in [1.807, 2.05) is 54.6 Å². The molecule has 0 spiro atoms. The molecule has 3 rings (SSSR count). The Morgan fingerprint density at radius 1 is 1.16 bits per heavy atom. The van der Waals surface area contributed by atoms with E-state index < -0.39 is 6.10 Å². The second-order valence-corrected chi connectivity index (χ2v) is 6.48. The number of amides is 1. The SMILES string of the molecule is C[C@H](Oc1ccccc1)C(=O)Nc1ccnn1Cc1ccc(Br)cc1. The topological polar surface area (TPSA) is 56.1 Å². The van der Waals surface area contributed by atoms with Gasteiger partial charge in [-0.3, -0.25) is 4.79 Å². The average molecular weight is 400 g/mol. The van der Waals surface area contributed by atoms with Gasteiger partial charge in [0.15, 0.2) is 6.10 Å². The van der Waals surface area contributed by atoms with Crippen molar-refractivity contribution in [2.24, 2.45) is 0 Å². The predicted octanol–water partition coefficient (Wildman–Crippen LogP) is 4.10. The van der Waals surface area contributed by atoms with Crippen LogP contribution in [-0.2, 0) is 11.3 Å². The maximum atomic E-state index is 12.4. The van der Waals surface area contributed by atoms with Crippen LogP contribution in [0.25, 0.3) is 0 Å². The van der Waals surface area contributed by atoms with Crippen LogP contribution in [0.4, 0.5) is 5.82 Å². The molecule has 1 heterocycles. The highest BCUT2D eigenvalue weighted by Gasteiger charge is 2.16. The smallest absolute Gasteiger partial charge is 0.266 e. The zero-order valence-corrected chi connectivity index (χ0v) is 15.3. The van der Waals surface area contributed by atoms with Crippen LogP contribution in [-0.4, -0.2) is 21.8 Å². The number of rotatable bonds is 6. The van der Waals surface area contributed by atoms with Gasteiger partial charge in [0.25, 0.3) is 5.91 Å². The lowest BCUT2D eigenvalue weighted by molar-refractivity contribution is -0.122. The fourth-order valence-corrected chi connectivity index (χ4v) is 2.58. The molecule has 0 saturated heterocycles. The molecule has 1 N–H and O–H groups in total. The van der Waals surface area contributed by atoms with Gasteiger partial charge in [0.2, 0.25) is 0 Å². The molecule has 0 radical (unpaired) electrons. The van der Waals surface area contributed by atoms with Crippen molar-refractivity contribution in [1.82, 2.24) is 9.78 Å². The van der Waals surface area contributed by atoms with Crippen molar-refractivity contribution < 1.29 is 9.53 Å². The summed E-state index contributed by atoms with van der Waals surface area (Å²) < 4.78 is 8.42. The number of nitrogens with zero attached hydrogens (tertiary/aromatic N) is 2. The number of hydrogen-bond acceptors (Lipinski definition) is 3. The van der Waals surface area contributed by atoms with E-state index in [0.717, 1.165) is 10.0 Å². The monoisotopic (exact) mass is 399 g/mol. The van der Waals surface area contributed by atoms with Crippen molar-refractivity contribution in [1.29, 1.82) is 0 Å². The molecule has 2 aromatic carbocycles. The van der Waals surface area contributed by atoms with Crippen molar-refractivity contribution in [3.63, 3.8) is 0 Å². The lowest BCUT2D eigenvalue weighted by Gasteiger charge is -2.15. The second-order valence-electron chi connectivity index (χ2n) is 5.56. The maximum Gasteiger partial charge on any atom is 0.266 e. The molecule has 0 bridgehead atoms. The highest BCUT2D eigenvalue weighted by atomic mass is 79.9. The van der Waals surface area contributed by atoms with Gasteiger partial charge in [0.1, 0.15) is 11.6 Å². The van der Waals surface area contributed by atoms with Gasteiger partial charge < -0.3 is 10.1 Å². The minimum Gasteiger partial charge on any atom is -0.481 e. The number of anilines is 1. The van der Waals surface area contributed by atoms with Gasteiger partial charge >= 0.3 is 0 Å². The number of benzene rings is 2. The summed E-state index contributed by atoms with van der Waals surface area (Å²) in [6.45, 7) is 2.29. The highest BCUT2D eigenvalue weighted by Crippen LogP contribution is 2.15. The summed E-state index contributed by atoms with van der Waals surface area (Å²) in [6, 6.07) is 19.0. The minimum atomic E-state index is -0.613. The van der Waals surface area contributed by atoms with Gasteiger partial charge in [-0.25, -0.2) is 4.68 Å². The van der Waals surface area contributed by atoms with Crippen molar-refractivity contribution >= 4 is 27.7 Å². The summed E-state index contributed by atoms with van der Waals surface area (Å²) in [4.78, 5) is 12.4. The van der Waals surface area contributed by atoms with Crippen molar-refractivity contribution in [3.05, 3.63) is 76.9 Å². The van der Waals surface area contributed by atoms with Crippen molar-refractivity contribution in [2.75, 3.05) is 5.32 Å². The van der Waals surface area contributed by atoms with Gasteiger partial charge in [0, 0.05) is 10.5 Å². The van der Waals surface area contributed by atoms with Crippen LogP contribution in [0.2, 0.25) is 0 Å². The summed E-state index contributed by atoms with van der Waals surface area (Å²) in [5.74, 6) is 1.08. The molecule has 1 amide bonds. The quantitative estimate of drug-likeness (QED) is 0.678. The molecule has 5 nitrogen and oxygen atoms in total. The van der Waals surface area contributed by atoms with E-state index in [-0.39, 0.29) is 5.91 Å². The molecule has 1 atom stereocenters. The normalized spacial score (nSPS) is 11.8. The number of carbonyl (C=O) groups excluding carboxylic acids is 1. The third-order valence-corrected chi connectivity index (χ3v) is 4.17. The number of halogens is 1. The van der Waals surface area contributed by atoms with Gasteiger partial charge in [-0.15, -0.1) is 0 Å². The van der Waals surface area contributed by atoms with E-state index in [1.54, 1.807) is 23.9 Å². The van der Waals surface area contributed by atoms with Crippen LogP contribution in [0.5, 0.6) is 5.75 Å². The maximum absolute atomic E-state index is 12.4. The van der Waals surface area contributed by atoms with Crippen LogP contribution in [0, 0.1) is 0 Å². The first kappa shape index (κ1) is 17.2. The number of aromatic nitrogens is 2. The fourth-order valence-electron chi connectivity index (χ4n) is 2.31. The molecule has 0 unspecified atom stereocenters. The number of nitrogens with one attached hydrogen (secondary N) is 1. The first-order chi connectivity index (χ1) is 12.1. The number of carbonyl (C=O) groups is 1. The van der Waals surface area contributed by atoms with E-state index in [9.17, 15) is 4.79 Å². The lowest BCUT2D eigenvalue weighted by Crippen LogP contribution is -2.31. The number of hydrogen-bond donors (Lipinski definition) is 1. The molecule has 0 aliphatic heterocycles. The van der Waals surface area contributed by atoms with Crippen molar-refractivity contribution in [3.8, 4) is 5.75 Å². The van der Waals surface area contributed by atoms with Gasteiger partial charge in [-0.05, 0) is 36.8 Å². The second kappa shape index (κ2) is 7.98. The zero-order chi connectivity index (χ0) is 17.6. The first-order valence-electron chi connectivity index (χ1n) is 7.90. The van der Waals surface area contributed by atoms with E-state index in [4.69, 9.17) is 4.74 Å². The first-order valence-corrected chi connectivity index (χ1v) is 8.70. The van der Waals surface area contributed by atoms with Gasteiger partial charge in [-0.1, -0.05) is 46.3 Å². The molecule has 0 aliphatic carbocycles. The molecular weight excluding hydrogens is 382 g/mol. The summed E-state index contributed by atoms with van der Waals surface area (Å²) in [5, 5.41) is 7.15. The van der Waals surface area contributed by atoms with Crippen LogP contribution >= 0.6 is 15.9 Å². The number of ether oxygens (including phenoxy) is 1. The average Bonchev–Trinajstić information content (AvgIpc) is 3.04. The summed E-state index contributed by atoms with van der Waals surface area (Å²) >= 11 is 3.42. The molecule has 3 aromatic rings. The minimum absolute atomic E-state index is 0.221. The Bertz CT molecular complexity index is 831. The standard InChI is InChI=1S/C19H18BrN3O2/c1-14(25-17-5-3-2-4-6-17)19(24)22-18-11-12-21-23(18)13-15-7-9-16(20)10-8-15/h2-12,14H,13H2,1H3,(H,22,24)/t14-/m0/s1. The summed E-state index contributed by atoms with van der Waals surface area (Å²) in [7, 11) is 0. The summed E-state index contributed by atoms with van der Waals surface area (Å²) in [5.41, 5.74) is 1.09. The van der Waals surface area contributed by atoms with Crippen LogP contribution < -0.4 is 10.1 Å². The molecule has 25 heavy (non-hydrogen) atoms.